The number of halogens is 3. The van der Waals surface area contributed by atoms with Crippen molar-refractivity contribution in [2.45, 2.75) is 24.4 Å². The summed E-state index contributed by atoms with van der Waals surface area (Å²) >= 11 is 6.22. The SMILES string of the molecule is CN(C)C(CNC(=O)C1(N)CC1)c1ccccc1Cl.Cl.Cl. The summed E-state index contributed by atoms with van der Waals surface area (Å²) in [7, 11) is 3.94. The molecular formula is C14H22Cl3N3O. The van der Waals surface area contributed by atoms with Gasteiger partial charge in [0.2, 0.25) is 5.91 Å². The highest BCUT2D eigenvalue weighted by molar-refractivity contribution is 6.31. The van der Waals surface area contributed by atoms with Crippen LogP contribution < -0.4 is 11.1 Å². The van der Waals surface area contributed by atoms with Crippen molar-refractivity contribution in [3.8, 4) is 0 Å². The first-order chi connectivity index (χ1) is 8.94. The number of hydrogen-bond donors (Lipinski definition) is 2. The fourth-order valence-corrected chi connectivity index (χ4v) is 2.30. The number of amides is 1. The molecule has 1 saturated carbocycles. The second-order valence-electron chi connectivity index (χ2n) is 5.37. The Morgan fingerprint density at radius 3 is 2.43 bits per heavy atom. The van der Waals surface area contributed by atoms with Gasteiger partial charge in [-0.1, -0.05) is 29.8 Å². The second-order valence-corrected chi connectivity index (χ2v) is 5.77. The van der Waals surface area contributed by atoms with Gasteiger partial charge in [-0.3, -0.25) is 4.79 Å². The molecule has 0 bridgehead atoms. The Kier molecular flexibility index (Phi) is 8.00. The minimum atomic E-state index is -0.628. The van der Waals surface area contributed by atoms with Crippen molar-refractivity contribution in [3.63, 3.8) is 0 Å². The van der Waals surface area contributed by atoms with Crippen LogP contribution in [0.5, 0.6) is 0 Å². The Morgan fingerprint density at radius 2 is 1.95 bits per heavy atom. The molecule has 4 nitrogen and oxygen atoms in total. The van der Waals surface area contributed by atoms with E-state index >= 15 is 0 Å². The lowest BCUT2D eigenvalue weighted by Gasteiger charge is -2.26. The molecule has 0 radical (unpaired) electrons. The molecule has 1 aromatic rings. The predicted octanol–water partition coefficient (Wildman–Crippen LogP) is 2.39. The fraction of sp³-hybridized carbons (Fsp3) is 0.500. The number of hydrogen-bond acceptors (Lipinski definition) is 3. The second kappa shape index (κ2) is 8.20. The average molecular weight is 355 g/mol. The zero-order valence-electron chi connectivity index (χ0n) is 12.1. The van der Waals surface area contributed by atoms with Gasteiger partial charge in [0.15, 0.2) is 0 Å². The Hall–Kier alpha value is -0.520. The Bertz CT molecular complexity index is 478. The molecule has 1 aromatic carbocycles. The standard InChI is InChI=1S/C14H20ClN3O.2ClH/c1-18(2)12(10-5-3-4-6-11(10)15)9-17-13(19)14(16)7-8-14;;/h3-6,12H,7-9,16H2,1-2H3,(H,17,19);2*1H. The summed E-state index contributed by atoms with van der Waals surface area (Å²) in [6, 6.07) is 7.73. The third-order valence-corrected chi connectivity index (χ3v) is 3.93. The number of nitrogens with one attached hydrogen (secondary N) is 1. The van der Waals surface area contributed by atoms with Crippen molar-refractivity contribution < 1.29 is 4.79 Å². The van der Waals surface area contributed by atoms with Gasteiger partial charge in [-0.25, -0.2) is 0 Å². The molecule has 1 aliphatic carbocycles. The Morgan fingerprint density at radius 1 is 1.38 bits per heavy atom. The monoisotopic (exact) mass is 353 g/mol. The van der Waals surface area contributed by atoms with E-state index in [0.717, 1.165) is 18.4 Å². The molecule has 120 valence electrons. The quantitative estimate of drug-likeness (QED) is 0.853. The number of benzene rings is 1. The summed E-state index contributed by atoms with van der Waals surface area (Å²) in [5, 5.41) is 3.64. The van der Waals surface area contributed by atoms with E-state index in [9.17, 15) is 4.79 Å². The molecule has 1 aliphatic rings. The van der Waals surface area contributed by atoms with Gasteiger partial charge in [-0.15, -0.1) is 24.8 Å². The number of likely N-dealkylation sites (N-methyl/N-ethyl adjacent to an activating group) is 1. The molecule has 0 aliphatic heterocycles. The van der Waals surface area contributed by atoms with E-state index in [-0.39, 0.29) is 36.8 Å². The smallest absolute Gasteiger partial charge is 0.240 e. The third-order valence-electron chi connectivity index (χ3n) is 3.58. The number of carbonyl (C=O) groups excluding carboxylic acids is 1. The van der Waals surface area contributed by atoms with Crippen LogP contribution >= 0.6 is 36.4 Å². The van der Waals surface area contributed by atoms with Gasteiger partial charge in [-0.05, 0) is 38.6 Å². The van der Waals surface area contributed by atoms with Crippen LogP contribution in [0.2, 0.25) is 5.02 Å². The molecular weight excluding hydrogens is 333 g/mol. The molecule has 1 amide bonds. The van der Waals surface area contributed by atoms with Gasteiger partial charge in [0.05, 0.1) is 11.6 Å². The zero-order valence-corrected chi connectivity index (χ0v) is 14.5. The first-order valence-electron chi connectivity index (χ1n) is 6.42. The summed E-state index contributed by atoms with van der Waals surface area (Å²) in [5.74, 6) is -0.0635. The van der Waals surface area contributed by atoms with Crippen molar-refractivity contribution in [3.05, 3.63) is 34.9 Å². The Labute approximate surface area is 143 Å². The Balaban J connectivity index is 0.00000200. The summed E-state index contributed by atoms with van der Waals surface area (Å²) in [4.78, 5) is 13.9. The molecule has 2 rings (SSSR count). The van der Waals surface area contributed by atoms with Gasteiger partial charge in [-0.2, -0.15) is 0 Å². The highest BCUT2D eigenvalue weighted by Gasteiger charge is 2.45. The average Bonchev–Trinajstić information content (AvgIpc) is 3.10. The molecule has 0 heterocycles. The van der Waals surface area contributed by atoms with Crippen LogP contribution in [-0.4, -0.2) is 37.0 Å². The number of nitrogens with two attached hydrogens (primary N) is 1. The summed E-state index contributed by atoms with van der Waals surface area (Å²) in [5.41, 5.74) is 6.25. The van der Waals surface area contributed by atoms with Crippen LogP contribution in [0.1, 0.15) is 24.4 Å². The van der Waals surface area contributed by atoms with Crippen LogP contribution in [0.3, 0.4) is 0 Å². The molecule has 0 spiro atoms. The zero-order chi connectivity index (χ0) is 14.0. The van der Waals surface area contributed by atoms with Crippen molar-refractivity contribution in [1.29, 1.82) is 0 Å². The summed E-state index contributed by atoms with van der Waals surface area (Å²) in [6.45, 7) is 0.508. The first kappa shape index (κ1) is 20.5. The maximum absolute atomic E-state index is 11.9. The summed E-state index contributed by atoms with van der Waals surface area (Å²) in [6.07, 6.45) is 1.55. The topological polar surface area (TPSA) is 58.4 Å². The lowest BCUT2D eigenvalue weighted by Crippen LogP contribution is -2.45. The maximum Gasteiger partial charge on any atom is 0.240 e. The predicted molar refractivity (Wildman–Crippen MR) is 91.5 cm³/mol. The van der Waals surface area contributed by atoms with Crippen molar-refractivity contribution in [2.24, 2.45) is 5.73 Å². The fourth-order valence-electron chi connectivity index (χ4n) is 2.04. The summed E-state index contributed by atoms with van der Waals surface area (Å²) < 4.78 is 0. The molecule has 7 heteroatoms. The molecule has 1 atom stereocenters. The molecule has 0 aromatic heterocycles. The lowest BCUT2D eigenvalue weighted by atomic mass is 10.1. The third kappa shape index (κ3) is 5.01. The minimum Gasteiger partial charge on any atom is -0.353 e. The van der Waals surface area contributed by atoms with Crippen molar-refractivity contribution in [2.75, 3.05) is 20.6 Å². The van der Waals surface area contributed by atoms with Gasteiger partial charge < -0.3 is 16.0 Å². The molecule has 21 heavy (non-hydrogen) atoms. The van der Waals surface area contributed by atoms with E-state index in [1.807, 2.05) is 43.3 Å². The van der Waals surface area contributed by atoms with E-state index in [4.69, 9.17) is 17.3 Å². The first-order valence-corrected chi connectivity index (χ1v) is 6.80. The molecule has 1 unspecified atom stereocenters. The van der Waals surface area contributed by atoms with Crippen LogP contribution in [-0.2, 0) is 4.79 Å². The van der Waals surface area contributed by atoms with E-state index in [1.165, 1.54) is 0 Å². The largest absolute Gasteiger partial charge is 0.353 e. The molecule has 3 N–H and O–H groups in total. The highest BCUT2D eigenvalue weighted by Crippen LogP contribution is 2.32. The van der Waals surface area contributed by atoms with Crippen molar-refractivity contribution >= 4 is 42.3 Å². The van der Waals surface area contributed by atoms with Crippen LogP contribution in [0.4, 0.5) is 0 Å². The van der Waals surface area contributed by atoms with E-state index < -0.39 is 5.54 Å². The van der Waals surface area contributed by atoms with Gasteiger partial charge in [0, 0.05) is 11.6 Å². The highest BCUT2D eigenvalue weighted by atomic mass is 35.5. The van der Waals surface area contributed by atoms with Crippen LogP contribution in [0, 0.1) is 0 Å². The van der Waals surface area contributed by atoms with Gasteiger partial charge >= 0.3 is 0 Å². The minimum absolute atomic E-state index is 0. The molecule has 0 saturated heterocycles. The van der Waals surface area contributed by atoms with E-state index in [0.29, 0.717) is 11.6 Å². The molecule has 1 fully saturated rings. The lowest BCUT2D eigenvalue weighted by molar-refractivity contribution is -0.123. The number of nitrogens with zero attached hydrogens (tertiary/aromatic N) is 1. The van der Waals surface area contributed by atoms with E-state index in [1.54, 1.807) is 0 Å². The maximum atomic E-state index is 11.9. The number of rotatable bonds is 5. The van der Waals surface area contributed by atoms with Crippen LogP contribution in [0.25, 0.3) is 0 Å². The van der Waals surface area contributed by atoms with E-state index in [2.05, 4.69) is 5.32 Å². The van der Waals surface area contributed by atoms with Crippen molar-refractivity contribution in [1.82, 2.24) is 10.2 Å². The van der Waals surface area contributed by atoms with Crippen LogP contribution in [0.15, 0.2) is 24.3 Å². The van der Waals surface area contributed by atoms with Gasteiger partial charge in [0.25, 0.3) is 0 Å². The van der Waals surface area contributed by atoms with Gasteiger partial charge in [0.1, 0.15) is 0 Å². The normalized spacial score (nSPS) is 16.4. The number of carbonyl (C=O) groups is 1.